The molecule has 1 aromatic rings. The first-order chi connectivity index (χ1) is 11.1. The molecule has 2 rings (SSSR count). The monoisotopic (exact) mass is 319 g/mol. The molecule has 0 aromatic heterocycles. The van der Waals surface area contributed by atoms with Gasteiger partial charge < -0.3 is 14.4 Å². The first-order valence-corrected chi connectivity index (χ1v) is 8.11. The number of carbonyl (C=O) groups is 2. The molecule has 1 amide bonds. The van der Waals surface area contributed by atoms with E-state index in [1.54, 1.807) is 11.8 Å². The summed E-state index contributed by atoms with van der Waals surface area (Å²) in [5, 5.41) is 0. The van der Waals surface area contributed by atoms with Crippen molar-refractivity contribution in [1.82, 2.24) is 4.90 Å². The molecule has 0 bridgehead atoms. The second-order valence-corrected chi connectivity index (χ2v) is 6.02. The van der Waals surface area contributed by atoms with Gasteiger partial charge in [-0.3, -0.25) is 9.59 Å². The Balaban J connectivity index is 2.01. The minimum absolute atomic E-state index is 0.0162. The Labute approximate surface area is 137 Å². The zero-order chi connectivity index (χ0) is 16.7. The summed E-state index contributed by atoms with van der Waals surface area (Å²) < 4.78 is 10.4. The van der Waals surface area contributed by atoms with Gasteiger partial charge in [-0.25, -0.2) is 0 Å². The van der Waals surface area contributed by atoms with E-state index in [4.69, 9.17) is 9.47 Å². The number of nitrogens with zero attached hydrogens (tertiary/aromatic N) is 1. The SMILES string of the molecule is COC(=O)C(C)CN(CC1CCCO1)C(=O)Cc1ccccc1. The van der Waals surface area contributed by atoms with Crippen LogP contribution in [0.25, 0.3) is 0 Å². The fourth-order valence-corrected chi connectivity index (χ4v) is 2.80. The third kappa shape index (κ3) is 5.36. The molecule has 5 nitrogen and oxygen atoms in total. The van der Waals surface area contributed by atoms with E-state index in [9.17, 15) is 9.59 Å². The van der Waals surface area contributed by atoms with Crippen LogP contribution in [-0.4, -0.2) is 49.7 Å². The van der Waals surface area contributed by atoms with Crippen molar-refractivity contribution in [3.8, 4) is 0 Å². The molecule has 0 spiro atoms. The first-order valence-electron chi connectivity index (χ1n) is 8.11. The van der Waals surface area contributed by atoms with Crippen molar-refractivity contribution in [2.24, 2.45) is 5.92 Å². The molecule has 2 unspecified atom stereocenters. The molecule has 2 atom stereocenters. The summed E-state index contributed by atoms with van der Waals surface area (Å²) in [6.07, 6.45) is 2.39. The standard InChI is InChI=1S/C18H25NO4/c1-14(18(21)22-2)12-19(13-16-9-6-10-23-16)17(20)11-15-7-4-3-5-8-15/h3-5,7-8,14,16H,6,9-13H2,1-2H3. The van der Waals surface area contributed by atoms with Crippen LogP contribution in [0.15, 0.2) is 30.3 Å². The van der Waals surface area contributed by atoms with Gasteiger partial charge in [0.1, 0.15) is 0 Å². The zero-order valence-corrected chi connectivity index (χ0v) is 13.9. The first kappa shape index (κ1) is 17.5. The summed E-state index contributed by atoms with van der Waals surface area (Å²) in [5.41, 5.74) is 0.973. The number of rotatable bonds is 7. The summed E-state index contributed by atoms with van der Waals surface area (Å²) in [7, 11) is 1.37. The minimum atomic E-state index is -0.346. The molecular formula is C18H25NO4. The predicted molar refractivity (Wildman–Crippen MR) is 86.9 cm³/mol. The summed E-state index contributed by atoms with van der Waals surface area (Å²) in [4.78, 5) is 26.1. The van der Waals surface area contributed by atoms with E-state index >= 15 is 0 Å². The highest BCUT2D eigenvalue weighted by Crippen LogP contribution is 2.16. The van der Waals surface area contributed by atoms with Gasteiger partial charge in [-0.1, -0.05) is 37.3 Å². The molecule has 0 radical (unpaired) electrons. The Kier molecular flexibility index (Phi) is 6.59. The van der Waals surface area contributed by atoms with Crippen LogP contribution in [0.1, 0.15) is 25.3 Å². The van der Waals surface area contributed by atoms with E-state index in [1.807, 2.05) is 30.3 Å². The molecule has 1 saturated heterocycles. The van der Waals surface area contributed by atoms with Crippen molar-refractivity contribution in [3.63, 3.8) is 0 Å². The van der Waals surface area contributed by atoms with Gasteiger partial charge >= 0.3 is 5.97 Å². The molecule has 0 saturated carbocycles. The van der Waals surface area contributed by atoms with Crippen molar-refractivity contribution < 1.29 is 19.1 Å². The number of amides is 1. The second kappa shape index (κ2) is 8.67. The van der Waals surface area contributed by atoms with Crippen LogP contribution in [0.3, 0.4) is 0 Å². The lowest BCUT2D eigenvalue weighted by molar-refractivity contribution is -0.146. The quantitative estimate of drug-likeness (QED) is 0.722. The smallest absolute Gasteiger partial charge is 0.310 e. The van der Waals surface area contributed by atoms with Crippen molar-refractivity contribution in [2.45, 2.75) is 32.3 Å². The van der Waals surface area contributed by atoms with Crippen molar-refractivity contribution >= 4 is 11.9 Å². The summed E-state index contributed by atoms with van der Waals surface area (Å²) >= 11 is 0. The number of ether oxygens (including phenoxy) is 2. The molecule has 5 heteroatoms. The Morgan fingerprint density at radius 3 is 2.70 bits per heavy atom. The Morgan fingerprint density at radius 1 is 1.35 bits per heavy atom. The molecular weight excluding hydrogens is 294 g/mol. The van der Waals surface area contributed by atoms with Crippen LogP contribution in [0.5, 0.6) is 0 Å². The highest BCUT2D eigenvalue weighted by molar-refractivity contribution is 5.80. The average molecular weight is 319 g/mol. The summed E-state index contributed by atoms with van der Waals surface area (Å²) in [6, 6.07) is 9.64. The normalized spacial score (nSPS) is 18.4. The molecule has 1 aliphatic heterocycles. The fourth-order valence-electron chi connectivity index (χ4n) is 2.80. The lowest BCUT2D eigenvalue weighted by Crippen LogP contribution is -2.42. The van der Waals surface area contributed by atoms with E-state index in [-0.39, 0.29) is 23.9 Å². The van der Waals surface area contributed by atoms with E-state index in [1.165, 1.54) is 7.11 Å². The lowest BCUT2D eigenvalue weighted by Gasteiger charge is -2.27. The number of hydrogen-bond donors (Lipinski definition) is 0. The highest BCUT2D eigenvalue weighted by Gasteiger charge is 2.26. The fraction of sp³-hybridized carbons (Fsp3) is 0.556. The maximum absolute atomic E-state index is 12.7. The molecule has 0 N–H and O–H groups in total. The topological polar surface area (TPSA) is 55.8 Å². The Bertz CT molecular complexity index is 511. The predicted octanol–water partition coefficient (Wildman–Crippen LogP) is 2.05. The van der Waals surface area contributed by atoms with Gasteiger partial charge in [0, 0.05) is 19.7 Å². The summed E-state index contributed by atoms with van der Waals surface area (Å²) in [5.74, 6) is -0.626. The van der Waals surface area contributed by atoms with Crippen LogP contribution in [0, 0.1) is 5.92 Å². The van der Waals surface area contributed by atoms with Crippen molar-refractivity contribution in [2.75, 3.05) is 26.8 Å². The maximum atomic E-state index is 12.7. The van der Waals surface area contributed by atoms with Crippen molar-refractivity contribution in [3.05, 3.63) is 35.9 Å². The van der Waals surface area contributed by atoms with Gasteiger partial charge in [-0.2, -0.15) is 0 Å². The van der Waals surface area contributed by atoms with Gasteiger partial charge in [0.25, 0.3) is 0 Å². The molecule has 1 fully saturated rings. The van der Waals surface area contributed by atoms with Gasteiger partial charge in [-0.05, 0) is 18.4 Å². The number of benzene rings is 1. The van der Waals surface area contributed by atoms with E-state index in [2.05, 4.69) is 0 Å². The van der Waals surface area contributed by atoms with Crippen LogP contribution in [-0.2, 0) is 25.5 Å². The maximum Gasteiger partial charge on any atom is 0.310 e. The third-order valence-electron chi connectivity index (χ3n) is 4.10. The Morgan fingerprint density at radius 2 is 2.09 bits per heavy atom. The molecule has 126 valence electrons. The highest BCUT2D eigenvalue weighted by atomic mass is 16.5. The van der Waals surface area contributed by atoms with E-state index < -0.39 is 0 Å². The number of methoxy groups -OCH3 is 1. The molecule has 23 heavy (non-hydrogen) atoms. The van der Waals surface area contributed by atoms with Gasteiger partial charge in [-0.15, -0.1) is 0 Å². The van der Waals surface area contributed by atoms with Crippen LogP contribution in [0.2, 0.25) is 0 Å². The van der Waals surface area contributed by atoms with Gasteiger partial charge in [0.05, 0.1) is 25.6 Å². The minimum Gasteiger partial charge on any atom is -0.469 e. The molecule has 1 aliphatic rings. The zero-order valence-electron chi connectivity index (χ0n) is 13.9. The number of carbonyl (C=O) groups excluding carboxylic acids is 2. The van der Waals surface area contributed by atoms with Gasteiger partial charge in [0.2, 0.25) is 5.91 Å². The van der Waals surface area contributed by atoms with Crippen LogP contribution < -0.4 is 0 Å². The van der Waals surface area contributed by atoms with E-state index in [0.717, 1.165) is 25.0 Å². The number of esters is 1. The van der Waals surface area contributed by atoms with Gasteiger partial charge in [0.15, 0.2) is 0 Å². The number of hydrogen-bond acceptors (Lipinski definition) is 4. The molecule has 1 heterocycles. The molecule has 1 aromatic carbocycles. The Hall–Kier alpha value is -1.88. The van der Waals surface area contributed by atoms with Crippen LogP contribution in [0.4, 0.5) is 0 Å². The average Bonchev–Trinajstić information content (AvgIpc) is 3.07. The third-order valence-corrected chi connectivity index (χ3v) is 4.10. The summed E-state index contributed by atoms with van der Waals surface area (Å²) in [6.45, 7) is 3.42. The second-order valence-electron chi connectivity index (χ2n) is 6.02. The van der Waals surface area contributed by atoms with Crippen molar-refractivity contribution in [1.29, 1.82) is 0 Å². The van der Waals surface area contributed by atoms with E-state index in [0.29, 0.717) is 19.5 Å². The van der Waals surface area contributed by atoms with Crippen LogP contribution >= 0.6 is 0 Å². The lowest BCUT2D eigenvalue weighted by atomic mass is 10.1. The molecule has 0 aliphatic carbocycles. The largest absolute Gasteiger partial charge is 0.469 e.